The maximum absolute atomic E-state index is 11.9. The molecule has 26 heavy (non-hydrogen) atoms. The molecule has 0 bridgehead atoms. The minimum absolute atomic E-state index is 0.0457. The van der Waals surface area contributed by atoms with Crippen molar-refractivity contribution in [2.75, 3.05) is 19.8 Å². The number of carbonyl (C=O) groups is 2. The monoisotopic (exact) mass is 351 g/mol. The van der Waals surface area contributed by atoms with Crippen LogP contribution >= 0.6 is 0 Å². The molecule has 0 spiro atoms. The molecule has 0 aliphatic rings. The highest BCUT2D eigenvalue weighted by Gasteiger charge is 2.05. The van der Waals surface area contributed by atoms with Crippen LogP contribution in [0.3, 0.4) is 0 Å². The third-order valence-electron chi connectivity index (χ3n) is 3.59. The fraction of sp³-hybridized carbons (Fsp3) is 0.238. The van der Waals surface area contributed by atoms with Crippen LogP contribution in [0.15, 0.2) is 48.5 Å². The summed E-state index contributed by atoms with van der Waals surface area (Å²) in [6, 6.07) is 14.3. The Morgan fingerprint density at radius 2 is 1.85 bits per heavy atom. The maximum atomic E-state index is 11.9. The predicted molar refractivity (Wildman–Crippen MR) is 99.4 cm³/mol. The summed E-state index contributed by atoms with van der Waals surface area (Å²) in [5.41, 5.74) is 1.63. The van der Waals surface area contributed by atoms with Crippen molar-refractivity contribution in [3.8, 4) is 23.8 Å². The van der Waals surface area contributed by atoms with Gasteiger partial charge < -0.3 is 14.8 Å². The summed E-state index contributed by atoms with van der Waals surface area (Å²) in [6.07, 6.45) is 5.84. The Hall–Kier alpha value is -3.26. The first-order chi connectivity index (χ1) is 12.6. The number of Topliss-reactive ketones (excluding diaryl/α,β-unsaturated/α-hetero) is 1. The number of benzene rings is 2. The number of ketones is 1. The summed E-state index contributed by atoms with van der Waals surface area (Å²) in [5, 5.41) is 2.80. The largest absolute Gasteiger partial charge is 0.484 e. The van der Waals surface area contributed by atoms with E-state index in [1.807, 2.05) is 24.3 Å². The number of carbonyl (C=O) groups excluding carboxylic acids is 2. The number of hydrogen-bond donors (Lipinski definition) is 1. The molecule has 0 aromatic heterocycles. The first-order valence-electron chi connectivity index (χ1n) is 8.24. The Balaban J connectivity index is 1.71. The Bertz CT molecular complexity index is 790. The topological polar surface area (TPSA) is 64.6 Å². The third kappa shape index (κ3) is 6.33. The van der Waals surface area contributed by atoms with E-state index in [0.717, 1.165) is 11.3 Å². The van der Waals surface area contributed by atoms with Crippen molar-refractivity contribution in [1.29, 1.82) is 0 Å². The summed E-state index contributed by atoms with van der Waals surface area (Å²) in [7, 11) is 0. The average molecular weight is 351 g/mol. The molecule has 5 nitrogen and oxygen atoms in total. The van der Waals surface area contributed by atoms with E-state index in [1.54, 1.807) is 24.3 Å². The fourth-order valence-electron chi connectivity index (χ4n) is 2.23. The van der Waals surface area contributed by atoms with Gasteiger partial charge in [-0.3, -0.25) is 9.59 Å². The zero-order chi connectivity index (χ0) is 18.8. The quantitative estimate of drug-likeness (QED) is 0.557. The van der Waals surface area contributed by atoms with Crippen LogP contribution in [0.4, 0.5) is 0 Å². The van der Waals surface area contributed by atoms with Crippen molar-refractivity contribution < 1.29 is 19.1 Å². The Labute approximate surface area is 153 Å². The SMILES string of the molecule is C#CCOc1ccc(CCNC(=O)COc2cccc(C(C)=O)c2)cc1. The van der Waals surface area contributed by atoms with E-state index >= 15 is 0 Å². The Morgan fingerprint density at radius 1 is 1.08 bits per heavy atom. The van der Waals surface area contributed by atoms with Crippen molar-refractivity contribution in [2.24, 2.45) is 0 Å². The van der Waals surface area contributed by atoms with Gasteiger partial charge in [0.25, 0.3) is 5.91 Å². The number of hydrogen-bond acceptors (Lipinski definition) is 4. The Kier molecular flexibility index (Phi) is 7.26. The van der Waals surface area contributed by atoms with E-state index in [0.29, 0.717) is 24.3 Å². The predicted octanol–water partition coefficient (Wildman–Crippen LogP) is 2.64. The van der Waals surface area contributed by atoms with Crippen LogP contribution < -0.4 is 14.8 Å². The van der Waals surface area contributed by atoms with Crippen LogP contribution in [0.2, 0.25) is 0 Å². The third-order valence-corrected chi connectivity index (χ3v) is 3.59. The summed E-state index contributed by atoms with van der Waals surface area (Å²) in [4.78, 5) is 23.2. The van der Waals surface area contributed by atoms with Crippen LogP contribution in [0, 0.1) is 12.3 Å². The molecule has 0 unspecified atom stereocenters. The standard InChI is InChI=1S/C21H21NO4/c1-3-13-25-19-9-7-17(8-10-19)11-12-22-21(24)15-26-20-6-4-5-18(14-20)16(2)23/h1,4-10,14H,11-13,15H2,2H3,(H,22,24). The first kappa shape index (κ1) is 19.1. The van der Waals surface area contributed by atoms with Gasteiger partial charge in [0.05, 0.1) is 0 Å². The molecule has 0 atom stereocenters. The molecule has 0 radical (unpaired) electrons. The molecule has 2 aromatic rings. The lowest BCUT2D eigenvalue weighted by atomic mass is 10.1. The van der Waals surface area contributed by atoms with Gasteiger partial charge in [-0.1, -0.05) is 30.2 Å². The normalized spacial score (nSPS) is 9.85. The smallest absolute Gasteiger partial charge is 0.257 e. The highest BCUT2D eigenvalue weighted by molar-refractivity contribution is 5.94. The molecular formula is C21H21NO4. The van der Waals surface area contributed by atoms with E-state index in [4.69, 9.17) is 15.9 Å². The Morgan fingerprint density at radius 3 is 2.54 bits per heavy atom. The maximum Gasteiger partial charge on any atom is 0.257 e. The number of nitrogens with one attached hydrogen (secondary N) is 1. The van der Waals surface area contributed by atoms with E-state index in [1.165, 1.54) is 6.92 Å². The van der Waals surface area contributed by atoms with Gasteiger partial charge in [0.2, 0.25) is 0 Å². The number of amides is 1. The molecule has 0 saturated carbocycles. The van der Waals surface area contributed by atoms with Crippen LogP contribution in [0.5, 0.6) is 11.5 Å². The number of terminal acetylenes is 1. The summed E-state index contributed by atoms with van der Waals surface area (Å²) < 4.78 is 10.7. The number of rotatable bonds is 9. The lowest BCUT2D eigenvalue weighted by Crippen LogP contribution is -2.30. The van der Waals surface area contributed by atoms with Crippen LogP contribution in [-0.2, 0) is 11.2 Å². The second kappa shape index (κ2) is 9.90. The first-order valence-corrected chi connectivity index (χ1v) is 8.24. The molecule has 0 saturated heterocycles. The van der Waals surface area contributed by atoms with Gasteiger partial charge in [0.1, 0.15) is 18.1 Å². The van der Waals surface area contributed by atoms with E-state index < -0.39 is 0 Å². The molecule has 134 valence electrons. The zero-order valence-corrected chi connectivity index (χ0v) is 14.7. The van der Waals surface area contributed by atoms with Gasteiger partial charge in [-0.05, 0) is 43.2 Å². The van der Waals surface area contributed by atoms with Crippen molar-refractivity contribution in [2.45, 2.75) is 13.3 Å². The second-order valence-corrected chi connectivity index (χ2v) is 5.61. The zero-order valence-electron chi connectivity index (χ0n) is 14.7. The fourth-order valence-corrected chi connectivity index (χ4v) is 2.23. The van der Waals surface area contributed by atoms with Crippen LogP contribution in [-0.4, -0.2) is 31.4 Å². The average Bonchev–Trinajstić information content (AvgIpc) is 2.66. The lowest BCUT2D eigenvalue weighted by molar-refractivity contribution is -0.123. The van der Waals surface area contributed by atoms with E-state index in [9.17, 15) is 9.59 Å². The molecule has 2 aromatic carbocycles. The van der Waals surface area contributed by atoms with Crippen LogP contribution in [0.1, 0.15) is 22.8 Å². The number of ether oxygens (including phenoxy) is 2. The van der Waals surface area contributed by atoms with Crippen molar-refractivity contribution in [3.63, 3.8) is 0 Å². The highest BCUT2D eigenvalue weighted by Crippen LogP contribution is 2.14. The minimum Gasteiger partial charge on any atom is -0.484 e. The van der Waals surface area contributed by atoms with E-state index in [2.05, 4.69) is 11.2 Å². The van der Waals surface area contributed by atoms with Crippen molar-refractivity contribution in [3.05, 3.63) is 59.7 Å². The highest BCUT2D eigenvalue weighted by atomic mass is 16.5. The van der Waals surface area contributed by atoms with Gasteiger partial charge in [0.15, 0.2) is 12.4 Å². The van der Waals surface area contributed by atoms with E-state index in [-0.39, 0.29) is 24.9 Å². The molecule has 1 amide bonds. The molecule has 1 N–H and O–H groups in total. The van der Waals surface area contributed by atoms with Gasteiger partial charge in [-0.2, -0.15) is 0 Å². The molecule has 2 rings (SSSR count). The van der Waals surface area contributed by atoms with Gasteiger partial charge in [0, 0.05) is 12.1 Å². The van der Waals surface area contributed by atoms with Crippen LogP contribution in [0.25, 0.3) is 0 Å². The van der Waals surface area contributed by atoms with Crippen molar-refractivity contribution >= 4 is 11.7 Å². The summed E-state index contributed by atoms with van der Waals surface area (Å²) >= 11 is 0. The molecule has 0 aliphatic heterocycles. The molecule has 0 aliphatic carbocycles. The van der Waals surface area contributed by atoms with Gasteiger partial charge >= 0.3 is 0 Å². The van der Waals surface area contributed by atoms with Gasteiger partial charge in [-0.15, -0.1) is 6.42 Å². The molecule has 5 heteroatoms. The van der Waals surface area contributed by atoms with Crippen molar-refractivity contribution in [1.82, 2.24) is 5.32 Å². The minimum atomic E-state index is -0.216. The van der Waals surface area contributed by atoms with Gasteiger partial charge in [-0.25, -0.2) is 0 Å². The molecule has 0 heterocycles. The molecular weight excluding hydrogens is 330 g/mol. The molecule has 0 fully saturated rings. The summed E-state index contributed by atoms with van der Waals surface area (Å²) in [5.74, 6) is 3.37. The second-order valence-electron chi connectivity index (χ2n) is 5.61. The summed E-state index contributed by atoms with van der Waals surface area (Å²) in [6.45, 7) is 2.13. The lowest BCUT2D eigenvalue weighted by Gasteiger charge is -2.09.